The lowest BCUT2D eigenvalue weighted by atomic mass is 9.90. The van der Waals surface area contributed by atoms with E-state index in [-0.39, 0.29) is 11.4 Å². The molecule has 0 aliphatic carbocycles. The van der Waals surface area contributed by atoms with Gasteiger partial charge in [-0.3, -0.25) is 9.88 Å². The molecule has 144 valence electrons. The Balaban J connectivity index is 1.53. The van der Waals surface area contributed by atoms with Crippen molar-refractivity contribution < 1.29 is 9.13 Å². The summed E-state index contributed by atoms with van der Waals surface area (Å²) in [6.45, 7) is 2.48. The van der Waals surface area contributed by atoms with Gasteiger partial charge >= 0.3 is 0 Å². The first kappa shape index (κ1) is 18.6. The molecule has 0 amide bonds. The normalized spacial score (nSPS) is 19.7. The topological polar surface area (TPSA) is 51.4 Å². The SMILES string of the molecule is COc1ccc(F)cc1-c1cncc(CN2CCC(N)(c3ccccc3)C2)c1. The summed E-state index contributed by atoms with van der Waals surface area (Å²) in [6.07, 6.45) is 4.51. The van der Waals surface area contributed by atoms with E-state index in [2.05, 4.69) is 22.0 Å². The van der Waals surface area contributed by atoms with Crippen LogP contribution in [0.4, 0.5) is 4.39 Å². The summed E-state index contributed by atoms with van der Waals surface area (Å²) in [5.74, 6) is 0.336. The molecule has 2 N–H and O–H groups in total. The number of methoxy groups -OCH3 is 1. The van der Waals surface area contributed by atoms with Gasteiger partial charge in [-0.15, -0.1) is 0 Å². The second-order valence-corrected chi connectivity index (χ2v) is 7.41. The zero-order chi connectivity index (χ0) is 19.6. The Morgan fingerprint density at radius 2 is 1.96 bits per heavy atom. The average molecular weight is 377 g/mol. The highest BCUT2D eigenvalue weighted by molar-refractivity contribution is 5.70. The van der Waals surface area contributed by atoms with Crippen LogP contribution in [0.2, 0.25) is 0 Å². The van der Waals surface area contributed by atoms with E-state index < -0.39 is 0 Å². The van der Waals surface area contributed by atoms with E-state index in [1.54, 1.807) is 19.4 Å². The van der Waals surface area contributed by atoms with Gasteiger partial charge < -0.3 is 10.5 Å². The first-order valence-electron chi connectivity index (χ1n) is 9.42. The highest BCUT2D eigenvalue weighted by Gasteiger charge is 2.35. The van der Waals surface area contributed by atoms with Crippen LogP contribution in [0, 0.1) is 5.82 Å². The van der Waals surface area contributed by atoms with Crippen LogP contribution in [0.3, 0.4) is 0 Å². The molecular formula is C23H24FN3O. The van der Waals surface area contributed by atoms with Crippen molar-refractivity contribution in [2.75, 3.05) is 20.2 Å². The second-order valence-electron chi connectivity index (χ2n) is 7.41. The molecule has 0 bridgehead atoms. The molecule has 1 unspecified atom stereocenters. The lowest BCUT2D eigenvalue weighted by Gasteiger charge is -2.25. The Bertz CT molecular complexity index is 963. The van der Waals surface area contributed by atoms with Crippen LogP contribution in [0.15, 0.2) is 67.0 Å². The molecule has 0 radical (unpaired) electrons. The third-order valence-corrected chi connectivity index (χ3v) is 5.40. The quantitative estimate of drug-likeness (QED) is 0.731. The number of pyridine rings is 1. The van der Waals surface area contributed by atoms with E-state index in [1.807, 2.05) is 30.5 Å². The molecular weight excluding hydrogens is 353 g/mol. The van der Waals surface area contributed by atoms with Gasteiger partial charge in [-0.1, -0.05) is 30.3 Å². The van der Waals surface area contributed by atoms with Crippen molar-refractivity contribution in [3.8, 4) is 16.9 Å². The summed E-state index contributed by atoms with van der Waals surface area (Å²) >= 11 is 0. The third-order valence-electron chi connectivity index (χ3n) is 5.40. The molecule has 4 nitrogen and oxygen atoms in total. The summed E-state index contributed by atoms with van der Waals surface area (Å²) in [6, 6.07) is 16.8. The number of hydrogen-bond acceptors (Lipinski definition) is 4. The van der Waals surface area contributed by atoms with Gasteiger partial charge in [-0.2, -0.15) is 0 Å². The molecule has 4 rings (SSSR count). The molecule has 1 aliphatic heterocycles. The number of halogens is 1. The monoisotopic (exact) mass is 377 g/mol. The molecule has 28 heavy (non-hydrogen) atoms. The van der Waals surface area contributed by atoms with Crippen LogP contribution >= 0.6 is 0 Å². The standard InChI is InChI=1S/C23H24FN3O/c1-28-22-8-7-20(24)12-21(22)18-11-17(13-26-14-18)15-27-10-9-23(25,16-27)19-5-3-2-4-6-19/h2-8,11-14H,9-10,15-16,25H2,1H3. The molecule has 3 aromatic rings. The van der Waals surface area contributed by atoms with Gasteiger partial charge in [0.25, 0.3) is 0 Å². The minimum Gasteiger partial charge on any atom is -0.496 e. The van der Waals surface area contributed by atoms with Crippen LogP contribution in [-0.4, -0.2) is 30.1 Å². The predicted molar refractivity (Wildman–Crippen MR) is 108 cm³/mol. The summed E-state index contributed by atoms with van der Waals surface area (Å²) in [5, 5.41) is 0. The van der Waals surface area contributed by atoms with Gasteiger partial charge in [-0.05, 0) is 41.8 Å². The van der Waals surface area contributed by atoms with Crippen LogP contribution in [0.5, 0.6) is 5.75 Å². The van der Waals surface area contributed by atoms with Gasteiger partial charge in [0.1, 0.15) is 11.6 Å². The fourth-order valence-corrected chi connectivity index (χ4v) is 3.94. The Morgan fingerprint density at radius 1 is 1.14 bits per heavy atom. The van der Waals surface area contributed by atoms with Crippen molar-refractivity contribution in [2.45, 2.75) is 18.5 Å². The van der Waals surface area contributed by atoms with E-state index in [1.165, 1.54) is 17.7 Å². The van der Waals surface area contributed by atoms with E-state index in [4.69, 9.17) is 10.5 Å². The molecule has 2 heterocycles. The number of nitrogens with zero attached hydrogens (tertiary/aromatic N) is 2. The van der Waals surface area contributed by atoms with E-state index in [9.17, 15) is 4.39 Å². The first-order valence-corrected chi connectivity index (χ1v) is 9.42. The number of hydrogen-bond donors (Lipinski definition) is 1. The number of likely N-dealkylation sites (tertiary alicyclic amines) is 1. The van der Waals surface area contributed by atoms with Crippen molar-refractivity contribution in [1.29, 1.82) is 0 Å². The number of aromatic nitrogens is 1. The Morgan fingerprint density at radius 3 is 2.75 bits per heavy atom. The third kappa shape index (κ3) is 3.77. The number of nitrogens with two attached hydrogens (primary N) is 1. The van der Waals surface area contributed by atoms with Crippen molar-refractivity contribution in [3.63, 3.8) is 0 Å². The van der Waals surface area contributed by atoms with E-state index in [0.29, 0.717) is 11.3 Å². The summed E-state index contributed by atoms with van der Waals surface area (Å²) in [5.41, 5.74) is 10.2. The zero-order valence-corrected chi connectivity index (χ0v) is 15.9. The zero-order valence-electron chi connectivity index (χ0n) is 15.9. The summed E-state index contributed by atoms with van der Waals surface area (Å²) in [7, 11) is 1.59. The fraction of sp³-hybridized carbons (Fsp3) is 0.261. The van der Waals surface area contributed by atoms with Gasteiger partial charge in [0.15, 0.2) is 0 Å². The summed E-state index contributed by atoms with van der Waals surface area (Å²) in [4.78, 5) is 6.71. The maximum absolute atomic E-state index is 13.7. The van der Waals surface area contributed by atoms with Crippen molar-refractivity contribution in [3.05, 3.63) is 83.9 Å². The number of rotatable bonds is 5. The Kier molecular flexibility index (Phi) is 5.11. The van der Waals surface area contributed by atoms with Crippen molar-refractivity contribution >= 4 is 0 Å². The highest BCUT2D eigenvalue weighted by atomic mass is 19.1. The van der Waals surface area contributed by atoms with Gasteiger partial charge in [0.2, 0.25) is 0 Å². The molecule has 1 aromatic heterocycles. The predicted octanol–water partition coefficient (Wildman–Crippen LogP) is 3.96. The highest BCUT2D eigenvalue weighted by Crippen LogP contribution is 2.32. The van der Waals surface area contributed by atoms with Gasteiger partial charge in [0, 0.05) is 43.2 Å². The molecule has 1 aliphatic rings. The molecule has 0 saturated carbocycles. The van der Waals surface area contributed by atoms with Crippen LogP contribution < -0.4 is 10.5 Å². The minimum atomic E-state index is -0.321. The van der Waals surface area contributed by atoms with Crippen LogP contribution in [0.1, 0.15) is 17.5 Å². The molecule has 1 atom stereocenters. The maximum atomic E-state index is 13.7. The van der Waals surface area contributed by atoms with Crippen molar-refractivity contribution in [2.24, 2.45) is 5.73 Å². The second kappa shape index (κ2) is 7.70. The molecule has 5 heteroatoms. The van der Waals surface area contributed by atoms with Crippen LogP contribution in [-0.2, 0) is 12.1 Å². The van der Waals surface area contributed by atoms with Crippen LogP contribution in [0.25, 0.3) is 11.1 Å². The van der Waals surface area contributed by atoms with Crippen molar-refractivity contribution in [1.82, 2.24) is 9.88 Å². The Hall–Kier alpha value is -2.76. The Labute approximate surface area is 164 Å². The largest absolute Gasteiger partial charge is 0.496 e. The van der Waals surface area contributed by atoms with Gasteiger partial charge in [0.05, 0.1) is 12.6 Å². The molecule has 2 aromatic carbocycles. The number of benzene rings is 2. The lowest BCUT2D eigenvalue weighted by Crippen LogP contribution is -2.39. The fourth-order valence-electron chi connectivity index (χ4n) is 3.94. The molecule has 1 saturated heterocycles. The van der Waals surface area contributed by atoms with Gasteiger partial charge in [-0.25, -0.2) is 4.39 Å². The number of ether oxygens (including phenoxy) is 1. The molecule has 1 fully saturated rings. The lowest BCUT2D eigenvalue weighted by molar-refractivity contribution is 0.304. The minimum absolute atomic E-state index is 0.295. The van der Waals surface area contributed by atoms with E-state index >= 15 is 0 Å². The summed E-state index contributed by atoms with van der Waals surface area (Å²) < 4.78 is 19.1. The maximum Gasteiger partial charge on any atom is 0.126 e. The molecule has 0 spiro atoms. The smallest absolute Gasteiger partial charge is 0.126 e. The first-order chi connectivity index (χ1) is 13.6. The average Bonchev–Trinajstić information content (AvgIpc) is 3.10. The van der Waals surface area contributed by atoms with E-state index in [0.717, 1.165) is 37.2 Å².